The van der Waals surface area contributed by atoms with Gasteiger partial charge in [-0.1, -0.05) is 38.3 Å². The van der Waals surface area contributed by atoms with Gasteiger partial charge in [0.25, 0.3) is 0 Å². The Morgan fingerprint density at radius 2 is 2.17 bits per heavy atom. The molecular formula is C14H23ClN2S. The molecule has 4 heteroatoms. The van der Waals surface area contributed by atoms with Gasteiger partial charge < -0.3 is 0 Å². The van der Waals surface area contributed by atoms with Crippen LogP contribution >= 0.6 is 22.9 Å². The summed E-state index contributed by atoms with van der Waals surface area (Å²) in [5.74, 6) is 0.777. The van der Waals surface area contributed by atoms with E-state index in [9.17, 15) is 0 Å². The zero-order valence-corrected chi connectivity index (χ0v) is 12.9. The van der Waals surface area contributed by atoms with Gasteiger partial charge in [0.1, 0.15) is 0 Å². The highest BCUT2D eigenvalue weighted by Gasteiger charge is 2.23. The van der Waals surface area contributed by atoms with Crippen LogP contribution in [0.15, 0.2) is 6.20 Å². The first kappa shape index (κ1) is 14.3. The first-order chi connectivity index (χ1) is 8.65. The van der Waals surface area contributed by atoms with Crippen molar-refractivity contribution in [1.82, 2.24) is 9.88 Å². The average molecular weight is 287 g/mol. The van der Waals surface area contributed by atoms with Crippen LogP contribution in [0, 0.1) is 5.92 Å². The molecule has 1 aliphatic carbocycles. The van der Waals surface area contributed by atoms with Gasteiger partial charge in [-0.3, -0.25) is 4.90 Å². The van der Waals surface area contributed by atoms with Crippen LogP contribution in [0.5, 0.6) is 0 Å². The molecule has 18 heavy (non-hydrogen) atoms. The van der Waals surface area contributed by atoms with E-state index in [0.29, 0.717) is 4.47 Å². The van der Waals surface area contributed by atoms with E-state index in [-0.39, 0.29) is 0 Å². The predicted molar refractivity (Wildman–Crippen MR) is 79.2 cm³/mol. The molecule has 1 aromatic heterocycles. The van der Waals surface area contributed by atoms with E-state index in [2.05, 4.69) is 23.7 Å². The van der Waals surface area contributed by atoms with E-state index < -0.39 is 0 Å². The number of thiazole rings is 1. The first-order valence-corrected chi connectivity index (χ1v) is 8.19. The Balaban J connectivity index is 1.94. The number of nitrogens with zero attached hydrogens (tertiary/aromatic N) is 2. The minimum absolute atomic E-state index is 0.667. The largest absolute Gasteiger partial charge is 0.295 e. The minimum atomic E-state index is 0.667. The van der Waals surface area contributed by atoms with Gasteiger partial charge in [0.05, 0.1) is 0 Å². The molecule has 1 heterocycles. The van der Waals surface area contributed by atoms with Gasteiger partial charge >= 0.3 is 0 Å². The maximum atomic E-state index is 5.92. The molecule has 1 saturated carbocycles. The Morgan fingerprint density at radius 3 is 2.72 bits per heavy atom. The lowest BCUT2D eigenvalue weighted by molar-refractivity contribution is 0.181. The second-order valence-electron chi connectivity index (χ2n) is 5.67. The van der Waals surface area contributed by atoms with Gasteiger partial charge in [0.15, 0.2) is 4.47 Å². The summed E-state index contributed by atoms with van der Waals surface area (Å²) in [5.41, 5.74) is 0. The number of hydrogen-bond donors (Lipinski definition) is 0. The molecule has 0 aromatic carbocycles. The average Bonchev–Trinajstić information content (AvgIpc) is 2.95. The maximum absolute atomic E-state index is 5.92. The van der Waals surface area contributed by atoms with Crippen molar-refractivity contribution in [2.75, 3.05) is 6.54 Å². The van der Waals surface area contributed by atoms with E-state index in [1.165, 1.54) is 43.5 Å². The molecule has 0 amide bonds. The lowest BCUT2D eigenvalue weighted by atomic mass is 10.1. The third kappa shape index (κ3) is 4.22. The summed E-state index contributed by atoms with van der Waals surface area (Å²) in [6.07, 6.45) is 8.74. The van der Waals surface area contributed by atoms with Gasteiger partial charge in [-0.25, -0.2) is 4.98 Å². The minimum Gasteiger partial charge on any atom is -0.295 e. The van der Waals surface area contributed by atoms with Crippen molar-refractivity contribution in [3.8, 4) is 0 Å². The molecule has 0 radical (unpaired) electrons. The number of hydrogen-bond acceptors (Lipinski definition) is 3. The van der Waals surface area contributed by atoms with Gasteiger partial charge in [-0.05, 0) is 31.7 Å². The Morgan fingerprint density at radius 1 is 1.44 bits per heavy atom. The summed E-state index contributed by atoms with van der Waals surface area (Å²) in [5, 5.41) is 0. The van der Waals surface area contributed by atoms with Crippen LogP contribution in [0.25, 0.3) is 0 Å². The van der Waals surface area contributed by atoms with Crippen LogP contribution in [0.4, 0.5) is 0 Å². The quantitative estimate of drug-likeness (QED) is 0.760. The van der Waals surface area contributed by atoms with Crippen LogP contribution < -0.4 is 0 Å². The predicted octanol–water partition coefficient (Wildman–Crippen LogP) is 4.59. The first-order valence-electron chi connectivity index (χ1n) is 6.99. The molecule has 0 bridgehead atoms. The normalized spacial score (nSPS) is 17.2. The fourth-order valence-corrected chi connectivity index (χ4v) is 3.64. The number of halogens is 1. The van der Waals surface area contributed by atoms with Crippen molar-refractivity contribution >= 4 is 22.9 Å². The molecule has 1 aliphatic rings. The van der Waals surface area contributed by atoms with E-state index in [0.717, 1.165) is 18.5 Å². The zero-order chi connectivity index (χ0) is 13.0. The lowest BCUT2D eigenvalue weighted by Crippen LogP contribution is -2.33. The highest BCUT2D eigenvalue weighted by molar-refractivity contribution is 7.15. The summed E-state index contributed by atoms with van der Waals surface area (Å²) in [4.78, 5) is 8.10. The van der Waals surface area contributed by atoms with Gasteiger partial charge in [-0.2, -0.15) is 0 Å². The smallest absolute Gasteiger partial charge is 0.183 e. The SMILES string of the molecule is CC(C)CCN(Cc1cnc(Cl)s1)C1CCCC1. The van der Waals surface area contributed by atoms with Crippen LogP contribution in [-0.2, 0) is 6.54 Å². The van der Waals surface area contributed by atoms with Crippen molar-refractivity contribution in [3.63, 3.8) is 0 Å². The molecule has 0 atom stereocenters. The molecule has 0 saturated heterocycles. The third-order valence-electron chi connectivity index (χ3n) is 3.72. The van der Waals surface area contributed by atoms with Crippen LogP contribution in [-0.4, -0.2) is 22.5 Å². The van der Waals surface area contributed by atoms with Gasteiger partial charge in [0, 0.05) is 23.7 Å². The van der Waals surface area contributed by atoms with Crippen LogP contribution in [0.1, 0.15) is 50.8 Å². The van der Waals surface area contributed by atoms with Crippen molar-refractivity contribution in [2.24, 2.45) is 5.92 Å². The van der Waals surface area contributed by atoms with Gasteiger partial charge in [-0.15, -0.1) is 11.3 Å². The van der Waals surface area contributed by atoms with Crippen LogP contribution in [0.2, 0.25) is 4.47 Å². The second kappa shape index (κ2) is 6.88. The van der Waals surface area contributed by atoms with E-state index in [1.54, 1.807) is 11.3 Å². The zero-order valence-electron chi connectivity index (χ0n) is 11.4. The summed E-state index contributed by atoms with van der Waals surface area (Å²) in [7, 11) is 0. The highest BCUT2D eigenvalue weighted by atomic mass is 35.5. The third-order valence-corrected chi connectivity index (χ3v) is 4.82. The maximum Gasteiger partial charge on any atom is 0.183 e. The van der Waals surface area contributed by atoms with Crippen molar-refractivity contribution in [2.45, 2.75) is 58.5 Å². The fraction of sp³-hybridized carbons (Fsp3) is 0.786. The molecule has 1 fully saturated rings. The monoisotopic (exact) mass is 286 g/mol. The number of rotatable bonds is 6. The molecule has 0 aliphatic heterocycles. The summed E-state index contributed by atoms with van der Waals surface area (Å²) in [6.45, 7) is 6.84. The van der Waals surface area contributed by atoms with E-state index >= 15 is 0 Å². The summed E-state index contributed by atoms with van der Waals surface area (Å²) < 4.78 is 0.667. The summed E-state index contributed by atoms with van der Waals surface area (Å²) >= 11 is 7.54. The molecule has 0 unspecified atom stereocenters. The molecule has 1 aromatic rings. The Kier molecular flexibility index (Phi) is 5.46. The molecule has 0 N–H and O–H groups in total. The van der Waals surface area contributed by atoms with Gasteiger partial charge in [0.2, 0.25) is 0 Å². The topological polar surface area (TPSA) is 16.1 Å². The molecule has 0 spiro atoms. The number of aromatic nitrogens is 1. The van der Waals surface area contributed by atoms with Crippen molar-refractivity contribution in [1.29, 1.82) is 0 Å². The van der Waals surface area contributed by atoms with E-state index in [4.69, 9.17) is 11.6 Å². The molecule has 102 valence electrons. The Hall–Kier alpha value is -0.120. The van der Waals surface area contributed by atoms with Crippen molar-refractivity contribution in [3.05, 3.63) is 15.5 Å². The van der Waals surface area contributed by atoms with Crippen LogP contribution in [0.3, 0.4) is 0 Å². The molecular weight excluding hydrogens is 264 g/mol. The molecule has 2 nitrogen and oxygen atoms in total. The second-order valence-corrected chi connectivity index (χ2v) is 7.37. The van der Waals surface area contributed by atoms with E-state index in [1.807, 2.05) is 6.20 Å². The molecule has 2 rings (SSSR count). The summed E-state index contributed by atoms with van der Waals surface area (Å²) in [6, 6.07) is 0.782. The Bertz CT molecular complexity index is 358. The van der Waals surface area contributed by atoms with Crippen molar-refractivity contribution < 1.29 is 0 Å². The Labute approximate surface area is 119 Å². The highest BCUT2D eigenvalue weighted by Crippen LogP contribution is 2.27. The standard InChI is InChI=1S/C14H23ClN2S/c1-11(2)7-8-17(12-5-3-4-6-12)10-13-9-16-14(15)18-13/h9,11-12H,3-8,10H2,1-2H3. The lowest BCUT2D eigenvalue weighted by Gasteiger charge is -2.28. The fourth-order valence-electron chi connectivity index (χ4n) is 2.64.